The smallest absolute Gasteiger partial charge is 0.339 e. The van der Waals surface area contributed by atoms with Crippen molar-refractivity contribution in [3.63, 3.8) is 0 Å². The summed E-state index contributed by atoms with van der Waals surface area (Å²) in [5.74, 6) is -1.52. The lowest BCUT2D eigenvalue weighted by atomic mass is 10.1. The van der Waals surface area contributed by atoms with Gasteiger partial charge in [-0.25, -0.2) is 9.59 Å². The molecule has 7 heteroatoms. The van der Waals surface area contributed by atoms with E-state index in [2.05, 4.69) is 4.98 Å². The molecule has 0 saturated heterocycles. The van der Waals surface area contributed by atoms with Gasteiger partial charge in [-0.05, 0) is 43.7 Å². The monoisotopic (exact) mass is 358 g/mol. The van der Waals surface area contributed by atoms with Gasteiger partial charge >= 0.3 is 11.9 Å². The molecule has 1 N–H and O–H groups in total. The third-order valence-electron chi connectivity index (χ3n) is 4.06. The van der Waals surface area contributed by atoms with E-state index in [0.717, 1.165) is 5.69 Å². The topological polar surface area (TPSA) is 88.7 Å². The Labute approximate surface area is 151 Å². The number of H-pyrrole nitrogens is 1. The van der Waals surface area contributed by atoms with E-state index in [1.54, 1.807) is 38.1 Å². The van der Waals surface area contributed by atoms with Gasteiger partial charge < -0.3 is 19.4 Å². The number of aromatic amines is 1. The Hall–Kier alpha value is -3.09. The first kappa shape index (κ1) is 19.2. The number of nitrogens with zero attached hydrogens (tertiary/aromatic N) is 1. The molecule has 2 rings (SSSR count). The largest absolute Gasteiger partial charge is 0.465 e. The molecule has 1 aromatic carbocycles. The van der Waals surface area contributed by atoms with E-state index < -0.39 is 24.3 Å². The first-order chi connectivity index (χ1) is 12.3. The van der Waals surface area contributed by atoms with Crippen LogP contribution in [0.4, 0.5) is 5.69 Å². The van der Waals surface area contributed by atoms with Crippen molar-refractivity contribution < 1.29 is 23.9 Å². The number of nitrogens with one attached hydrogen (secondary N) is 1. The fourth-order valence-corrected chi connectivity index (χ4v) is 2.62. The fourth-order valence-electron chi connectivity index (χ4n) is 2.62. The molecular formula is C19H22N2O5. The quantitative estimate of drug-likeness (QED) is 0.630. The second-order valence-electron chi connectivity index (χ2n) is 6.06. The number of carbonyl (C=O) groups is 3. The van der Waals surface area contributed by atoms with Gasteiger partial charge in [0, 0.05) is 25.5 Å². The predicted molar refractivity (Wildman–Crippen MR) is 97.0 cm³/mol. The van der Waals surface area contributed by atoms with Gasteiger partial charge in [0.1, 0.15) is 0 Å². The van der Waals surface area contributed by atoms with Crippen molar-refractivity contribution in [2.24, 2.45) is 0 Å². The van der Waals surface area contributed by atoms with Crippen LogP contribution in [0.1, 0.15) is 42.5 Å². The summed E-state index contributed by atoms with van der Waals surface area (Å²) < 4.78 is 9.81. The highest BCUT2D eigenvalue weighted by Gasteiger charge is 2.23. The number of hydrogen-bond acceptors (Lipinski definition) is 6. The number of ether oxygens (including phenoxy) is 2. The van der Waals surface area contributed by atoms with E-state index in [-0.39, 0.29) is 5.69 Å². The highest BCUT2D eigenvalue weighted by Crippen LogP contribution is 2.19. The van der Waals surface area contributed by atoms with Crippen molar-refractivity contribution in [3.05, 3.63) is 52.3 Å². The van der Waals surface area contributed by atoms with E-state index >= 15 is 0 Å². The van der Waals surface area contributed by atoms with Crippen molar-refractivity contribution in [1.82, 2.24) is 4.98 Å². The van der Waals surface area contributed by atoms with Crippen LogP contribution in [0.5, 0.6) is 0 Å². The maximum absolute atomic E-state index is 12.4. The molecule has 1 aromatic heterocycles. The summed E-state index contributed by atoms with van der Waals surface area (Å²) in [6.07, 6.45) is 0. The standard InChI is InChI=1S/C19H22N2O5/c1-11-16(19(24)25-5)12(2)20-17(11)15(22)10-26-18(23)13-6-8-14(9-7-13)21(3)4/h6-9,20H,10H2,1-5H3. The number of ketones is 1. The summed E-state index contributed by atoms with van der Waals surface area (Å²) in [5, 5.41) is 0. The van der Waals surface area contributed by atoms with E-state index in [0.29, 0.717) is 22.4 Å². The average molecular weight is 358 g/mol. The molecule has 0 unspecified atom stereocenters. The number of aromatic nitrogens is 1. The minimum Gasteiger partial charge on any atom is -0.465 e. The van der Waals surface area contributed by atoms with Gasteiger partial charge in [-0.2, -0.15) is 0 Å². The van der Waals surface area contributed by atoms with Gasteiger partial charge in [-0.15, -0.1) is 0 Å². The molecule has 0 radical (unpaired) electrons. The molecular weight excluding hydrogens is 336 g/mol. The molecule has 0 fully saturated rings. The van der Waals surface area contributed by atoms with Crippen LogP contribution in [-0.2, 0) is 9.47 Å². The summed E-state index contributed by atoms with van der Waals surface area (Å²) >= 11 is 0. The van der Waals surface area contributed by atoms with Crippen molar-refractivity contribution >= 4 is 23.4 Å². The molecule has 0 spiro atoms. The molecule has 26 heavy (non-hydrogen) atoms. The molecule has 1 heterocycles. The van der Waals surface area contributed by atoms with Crippen molar-refractivity contribution in [3.8, 4) is 0 Å². The maximum atomic E-state index is 12.4. The van der Waals surface area contributed by atoms with Gasteiger partial charge in [0.05, 0.1) is 23.9 Å². The number of anilines is 1. The molecule has 0 aliphatic carbocycles. The number of carbonyl (C=O) groups excluding carboxylic acids is 3. The van der Waals surface area contributed by atoms with Crippen LogP contribution in [0.3, 0.4) is 0 Å². The first-order valence-corrected chi connectivity index (χ1v) is 8.01. The molecule has 2 aromatic rings. The highest BCUT2D eigenvalue weighted by molar-refractivity contribution is 6.03. The summed E-state index contributed by atoms with van der Waals surface area (Å²) in [4.78, 5) is 41.0. The molecule has 0 atom stereocenters. The molecule has 0 amide bonds. The van der Waals surface area contributed by atoms with Crippen LogP contribution in [0.15, 0.2) is 24.3 Å². The highest BCUT2D eigenvalue weighted by atomic mass is 16.5. The summed E-state index contributed by atoms with van der Waals surface area (Å²) in [5.41, 5.74) is 2.87. The lowest BCUT2D eigenvalue weighted by Crippen LogP contribution is -2.16. The van der Waals surface area contributed by atoms with Crippen molar-refractivity contribution in [2.45, 2.75) is 13.8 Å². The van der Waals surface area contributed by atoms with Crippen LogP contribution in [0.25, 0.3) is 0 Å². The Bertz CT molecular complexity index is 834. The van der Waals surface area contributed by atoms with Crippen molar-refractivity contribution in [1.29, 1.82) is 0 Å². The number of hydrogen-bond donors (Lipinski definition) is 1. The minimum absolute atomic E-state index is 0.235. The second kappa shape index (κ2) is 7.86. The van der Waals surface area contributed by atoms with E-state index in [9.17, 15) is 14.4 Å². The van der Waals surface area contributed by atoms with Crippen LogP contribution in [0, 0.1) is 13.8 Å². The van der Waals surface area contributed by atoms with Crippen LogP contribution in [0.2, 0.25) is 0 Å². The number of rotatable bonds is 6. The van der Waals surface area contributed by atoms with Crippen LogP contribution >= 0.6 is 0 Å². The summed E-state index contributed by atoms with van der Waals surface area (Å²) in [7, 11) is 5.07. The Morgan fingerprint density at radius 1 is 1.04 bits per heavy atom. The van der Waals surface area contributed by atoms with Gasteiger partial charge in [-0.1, -0.05) is 0 Å². The minimum atomic E-state index is -0.585. The zero-order chi connectivity index (χ0) is 19.4. The molecule has 0 bridgehead atoms. The maximum Gasteiger partial charge on any atom is 0.339 e. The Kier molecular flexibility index (Phi) is 5.82. The normalized spacial score (nSPS) is 10.3. The molecule has 138 valence electrons. The van der Waals surface area contributed by atoms with Gasteiger partial charge in [0.15, 0.2) is 6.61 Å². The number of aryl methyl sites for hydroxylation is 1. The van der Waals surface area contributed by atoms with Crippen LogP contribution < -0.4 is 4.90 Å². The third kappa shape index (κ3) is 3.93. The Morgan fingerprint density at radius 3 is 2.19 bits per heavy atom. The van der Waals surface area contributed by atoms with E-state index in [1.165, 1.54) is 7.11 Å². The Balaban J connectivity index is 2.07. The molecule has 0 aliphatic heterocycles. The zero-order valence-electron chi connectivity index (χ0n) is 15.5. The lowest BCUT2D eigenvalue weighted by Gasteiger charge is -2.12. The number of benzene rings is 1. The van der Waals surface area contributed by atoms with E-state index in [4.69, 9.17) is 9.47 Å². The van der Waals surface area contributed by atoms with Gasteiger partial charge in [0.2, 0.25) is 5.78 Å². The first-order valence-electron chi connectivity index (χ1n) is 8.01. The average Bonchev–Trinajstić information content (AvgIpc) is 2.93. The number of Topliss-reactive ketones (excluding diaryl/α,β-unsaturated/α-hetero) is 1. The van der Waals surface area contributed by atoms with Crippen LogP contribution in [-0.4, -0.2) is 50.5 Å². The molecule has 0 saturated carbocycles. The van der Waals surface area contributed by atoms with Gasteiger partial charge in [0.25, 0.3) is 0 Å². The molecule has 0 aliphatic rings. The van der Waals surface area contributed by atoms with E-state index in [1.807, 2.05) is 19.0 Å². The van der Waals surface area contributed by atoms with Gasteiger partial charge in [-0.3, -0.25) is 4.79 Å². The number of esters is 2. The fraction of sp³-hybridized carbons (Fsp3) is 0.316. The van der Waals surface area contributed by atoms with Crippen molar-refractivity contribution in [2.75, 3.05) is 32.7 Å². The predicted octanol–water partition coefficient (Wildman–Crippen LogP) is 2.52. The summed E-state index contributed by atoms with van der Waals surface area (Å²) in [6.45, 7) is 2.90. The Morgan fingerprint density at radius 2 is 1.65 bits per heavy atom. The second-order valence-corrected chi connectivity index (χ2v) is 6.06. The SMILES string of the molecule is COC(=O)c1c(C)[nH]c(C(=O)COC(=O)c2ccc(N(C)C)cc2)c1C. The number of methoxy groups -OCH3 is 1. The third-order valence-corrected chi connectivity index (χ3v) is 4.06. The molecule has 7 nitrogen and oxygen atoms in total. The summed E-state index contributed by atoms with van der Waals surface area (Å²) in [6, 6.07) is 6.86. The lowest BCUT2D eigenvalue weighted by molar-refractivity contribution is 0.0473. The zero-order valence-corrected chi connectivity index (χ0v) is 15.5.